The van der Waals surface area contributed by atoms with Crippen molar-refractivity contribution in [2.24, 2.45) is 0 Å². The van der Waals surface area contributed by atoms with Gasteiger partial charge in [-0.3, -0.25) is 0 Å². The minimum Gasteiger partial charge on any atom is -1.00 e. The molecule has 18 rings (SSSR count). The van der Waals surface area contributed by atoms with Crippen LogP contribution in [0.25, 0.3) is 165 Å². The lowest BCUT2D eigenvalue weighted by atomic mass is 9.79. The minimum atomic E-state index is -1.48. The maximum Gasteiger partial charge on any atom is 0.488 e. The zero-order valence-electron chi connectivity index (χ0n) is 51.4. The van der Waals surface area contributed by atoms with Gasteiger partial charge < -0.3 is 23.6 Å². The standard InChI is InChI=1S/C44H28O.C26H17Br.C18H13BO3.FH/c1-3-13-29(14-4-1)42-36-20-7-8-21-37(36)43(30-15-5-2-6-16-30)40-28-32(25-26-38(40)42)31-17-11-18-33(27-31)34-22-12-23-39-35-19-9-10-24-41(35)45-44(34)39;27-20-15-16-23-24(17-20)26(19-11-5-2-6-12-19)22-14-8-7-13-21(22)25(23)18-9-3-1-4-10-18;20-19(21)13-6-3-5-12(11-13)14-8-4-9-16-15-7-1-2-10-17(15)22-18(14)16;/h1-28H;1-17H;1-11,20-21H;1H/p-1. The molecule has 2 aromatic heterocycles. The lowest BCUT2D eigenvalue weighted by Gasteiger charge is -2.19. The second kappa shape index (κ2) is 25.9. The Balaban J connectivity index is 0.000000127. The molecule has 0 aliphatic rings. The molecular weight excluding hydrogens is 1230 g/mol. The number of halogens is 2. The Kier molecular flexibility index (Phi) is 16.3. The van der Waals surface area contributed by atoms with Gasteiger partial charge in [0.05, 0.1) is 0 Å². The molecule has 16 aromatic carbocycles. The summed E-state index contributed by atoms with van der Waals surface area (Å²) in [7, 11) is -1.48. The molecule has 0 aliphatic heterocycles. The molecule has 95 heavy (non-hydrogen) atoms. The average Bonchev–Trinajstić information content (AvgIpc) is 1.62. The molecule has 0 saturated heterocycles. The predicted octanol–water partition coefficient (Wildman–Crippen LogP) is 20.6. The summed E-state index contributed by atoms with van der Waals surface area (Å²) in [5.41, 5.74) is 20.5. The molecule has 0 radical (unpaired) electrons. The quantitative estimate of drug-likeness (QED) is 0.118. The van der Waals surface area contributed by atoms with E-state index in [1.54, 1.807) is 12.1 Å². The molecule has 0 amide bonds. The van der Waals surface area contributed by atoms with Crippen molar-refractivity contribution in [1.29, 1.82) is 0 Å². The van der Waals surface area contributed by atoms with E-state index in [0.29, 0.717) is 5.46 Å². The first kappa shape index (κ1) is 59.8. The van der Waals surface area contributed by atoms with Gasteiger partial charge in [-0.15, -0.1) is 0 Å². The average molecular weight is 1290 g/mol. The van der Waals surface area contributed by atoms with Gasteiger partial charge in [0.2, 0.25) is 0 Å². The Labute approximate surface area is 557 Å². The van der Waals surface area contributed by atoms with Gasteiger partial charge in [-0.2, -0.15) is 0 Å². The van der Waals surface area contributed by atoms with Crippen molar-refractivity contribution in [3.05, 3.63) is 344 Å². The van der Waals surface area contributed by atoms with E-state index in [2.05, 4.69) is 277 Å². The zero-order chi connectivity index (χ0) is 63.1. The molecule has 0 bridgehead atoms. The Morgan fingerprint density at radius 3 is 1.00 bits per heavy atom. The van der Waals surface area contributed by atoms with Crippen molar-refractivity contribution in [3.8, 4) is 77.9 Å². The normalized spacial score (nSPS) is 11.2. The topological polar surface area (TPSA) is 66.7 Å². The van der Waals surface area contributed by atoms with Crippen molar-refractivity contribution < 1.29 is 23.6 Å². The van der Waals surface area contributed by atoms with E-state index in [1.807, 2.05) is 66.7 Å². The van der Waals surface area contributed by atoms with E-state index in [0.717, 1.165) is 70.6 Å². The molecule has 0 spiro atoms. The number of hydrogen-bond donors (Lipinski definition) is 2. The van der Waals surface area contributed by atoms with Gasteiger partial charge in [-0.1, -0.05) is 319 Å². The van der Waals surface area contributed by atoms with Gasteiger partial charge in [0, 0.05) is 37.1 Å². The van der Waals surface area contributed by atoms with Gasteiger partial charge in [0.15, 0.2) is 0 Å². The third-order valence-electron chi connectivity index (χ3n) is 18.1. The van der Waals surface area contributed by atoms with E-state index in [-0.39, 0.29) is 4.70 Å². The highest BCUT2D eigenvalue weighted by Gasteiger charge is 2.21. The fourth-order valence-corrected chi connectivity index (χ4v) is 14.2. The first-order valence-electron chi connectivity index (χ1n) is 31.6. The summed E-state index contributed by atoms with van der Waals surface area (Å²) >= 11 is 3.68. The molecule has 4 nitrogen and oxygen atoms in total. The summed E-state index contributed by atoms with van der Waals surface area (Å²) in [6, 6.07) is 119. The van der Waals surface area contributed by atoms with Crippen LogP contribution in [0.1, 0.15) is 0 Å². The second-order valence-electron chi connectivity index (χ2n) is 23.6. The largest absolute Gasteiger partial charge is 1.00 e. The van der Waals surface area contributed by atoms with Crippen molar-refractivity contribution in [2.75, 3.05) is 0 Å². The zero-order valence-corrected chi connectivity index (χ0v) is 53.0. The SMILES string of the molecule is Brc1ccc2c(-c3ccccc3)c3ccccc3c(-c3ccccc3)c2c1.OB(O)c1cccc(-c2cccc3c2oc2ccccc23)c1.[F-].c1ccc(-c2c3ccccc3c(-c3ccccc3)c3cc(-c4cccc(-c5cccc6c5oc5ccccc56)c4)ccc23)cc1. The van der Waals surface area contributed by atoms with Crippen LogP contribution >= 0.6 is 15.9 Å². The fourth-order valence-electron chi connectivity index (χ4n) is 13.9. The summed E-state index contributed by atoms with van der Waals surface area (Å²) in [6.07, 6.45) is 0. The van der Waals surface area contributed by atoms with Crippen molar-refractivity contribution >= 4 is 115 Å². The van der Waals surface area contributed by atoms with Crippen LogP contribution < -0.4 is 10.2 Å². The van der Waals surface area contributed by atoms with Crippen LogP contribution in [0.3, 0.4) is 0 Å². The van der Waals surface area contributed by atoms with E-state index >= 15 is 0 Å². The third kappa shape index (κ3) is 11.2. The third-order valence-corrected chi connectivity index (χ3v) is 18.6. The maximum absolute atomic E-state index is 9.35. The number of para-hydroxylation sites is 4. The van der Waals surface area contributed by atoms with Gasteiger partial charge in [-0.05, 0) is 152 Å². The first-order valence-corrected chi connectivity index (χ1v) is 32.4. The molecule has 0 unspecified atom stereocenters. The van der Waals surface area contributed by atoms with Crippen LogP contribution in [-0.2, 0) is 0 Å². The molecule has 2 N–H and O–H groups in total. The van der Waals surface area contributed by atoms with Crippen LogP contribution in [0.5, 0.6) is 0 Å². The number of fused-ring (bicyclic) bond motifs is 10. The highest BCUT2D eigenvalue weighted by Crippen LogP contribution is 2.47. The Morgan fingerprint density at radius 1 is 0.232 bits per heavy atom. The molecule has 0 atom stereocenters. The van der Waals surface area contributed by atoms with Gasteiger partial charge >= 0.3 is 7.12 Å². The van der Waals surface area contributed by atoms with Crippen LogP contribution in [-0.4, -0.2) is 17.2 Å². The molecule has 0 saturated carbocycles. The number of benzene rings is 16. The summed E-state index contributed by atoms with van der Waals surface area (Å²) in [5, 5.41) is 33.3. The van der Waals surface area contributed by atoms with E-state index in [1.165, 1.54) is 98.7 Å². The summed E-state index contributed by atoms with van der Waals surface area (Å²) in [5.74, 6) is 0. The van der Waals surface area contributed by atoms with E-state index < -0.39 is 7.12 Å². The van der Waals surface area contributed by atoms with Crippen LogP contribution in [0, 0.1) is 0 Å². The Bertz CT molecular complexity index is 5850. The number of rotatable bonds is 8. The number of hydrogen-bond acceptors (Lipinski definition) is 4. The molecular formula is C88H58BBrFO4-. The number of furan rings is 2. The maximum atomic E-state index is 9.35. The van der Waals surface area contributed by atoms with Gasteiger partial charge in [-0.25, -0.2) is 0 Å². The van der Waals surface area contributed by atoms with Gasteiger partial charge in [0.25, 0.3) is 0 Å². The lowest BCUT2D eigenvalue weighted by Crippen LogP contribution is -3.00. The Morgan fingerprint density at radius 2 is 0.547 bits per heavy atom. The van der Waals surface area contributed by atoms with E-state index in [4.69, 9.17) is 8.83 Å². The Hall–Kier alpha value is -11.4. The molecule has 0 aliphatic carbocycles. The summed E-state index contributed by atoms with van der Waals surface area (Å²) in [6.45, 7) is 0. The van der Waals surface area contributed by atoms with Crippen molar-refractivity contribution in [2.45, 2.75) is 0 Å². The highest BCUT2D eigenvalue weighted by atomic mass is 79.9. The molecule has 452 valence electrons. The molecule has 18 aromatic rings. The molecule has 0 fully saturated rings. The molecule has 2 heterocycles. The van der Waals surface area contributed by atoms with Crippen molar-refractivity contribution in [3.63, 3.8) is 0 Å². The molecule has 7 heteroatoms. The monoisotopic (exact) mass is 1290 g/mol. The summed E-state index contributed by atoms with van der Waals surface area (Å²) in [4.78, 5) is 0. The first-order chi connectivity index (χ1) is 46.4. The van der Waals surface area contributed by atoms with Gasteiger partial charge in [0.1, 0.15) is 22.3 Å². The van der Waals surface area contributed by atoms with Crippen LogP contribution in [0.2, 0.25) is 0 Å². The van der Waals surface area contributed by atoms with Crippen LogP contribution in [0.4, 0.5) is 0 Å². The lowest BCUT2D eigenvalue weighted by molar-refractivity contribution is -0.0000206. The van der Waals surface area contributed by atoms with E-state index in [9.17, 15) is 10.0 Å². The predicted molar refractivity (Wildman–Crippen MR) is 399 cm³/mol. The minimum absolute atomic E-state index is 0. The van der Waals surface area contributed by atoms with Crippen LogP contribution in [0.15, 0.2) is 353 Å². The second-order valence-corrected chi connectivity index (χ2v) is 24.6. The fraction of sp³-hybridized carbons (Fsp3) is 0. The highest BCUT2D eigenvalue weighted by molar-refractivity contribution is 9.10. The van der Waals surface area contributed by atoms with Crippen molar-refractivity contribution in [1.82, 2.24) is 0 Å². The summed E-state index contributed by atoms with van der Waals surface area (Å²) < 4.78 is 13.5. The smallest absolute Gasteiger partial charge is 0.488 e.